The van der Waals surface area contributed by atoms with Gasteiger partial charge in [0.1, 0.15) is 18.1 Å². The molecule has 1 heterocycles. The first-order chi connectivity index (χ1) is 15.5. The van der Waals surface area contributed by atoms with E-state index in [1.807, 2.05) is 54.6 Å². The molecule has 164 valence electrons. The number of halogens is 2. The third-order valence-corrected chi connectivity index (χ3v) is 5.66. The zero-order chi connectivity index (χ0) is 22.5. The molecule has 0 aliphatic heterocycles. The van der Waals surface area contributed by atoms with E-state index in [-0.39, 0.29) is 0 Å². The third-order valence-electron chi connectivity index (χ3n) is 4.79. The molecule has 4 aromatic rings. The summed E-state index contributed by atoms with van der Waals surface area (Å²) in [4.78, 5) is 0. The number of benzene rings is 3. The second-order valence-electron chi connectivity index (χ2n) is 6.89. The molecule has 0 fully saturated rings. The van der Waals surface area contributed by atoms with E-state index in [0.717, 1.165) is 22.4 Å². The number of aromatic amines is 1. The lowest BCUT2D eigenvalue weighted by Crippen LogP contribution is -2.16. The minimum atomic E-state index is 0.361. The van der Waals surface area contributed by atoms with Crippen molar-refractivity contribution >= 4 is 35.4 Å². The van der Waals surface area contributed by atoms with Crippen LogP contribution in [-0.2, 0) is 13.2 Å². The molecule has 0 unspecified atom stereocenters. The van der Waals surface area contributed by atoms with Crippen molar-refractivity contribution in [1.29, 1.82) is 0 Å². The fraction of sp³-hybridized carbons (Fsp3) is 0.130. The van der Waals surface area contributed by atoms with Gasteiger partial charge in [-0.3, -0.25) is 0 Å². The van der Waals surface area contributed by atoms with E-state index >= 15 is 0 Å². The molecule has 0 saturated heterocycles. The molecule has 0 spiro atoms. The van der Waals surface area contributed by atoms with E-state index in [2.05, 4.69) is 15.6 Å². The highest BCUT2D eigenvalue weighted by atomic mass is 35.5. The fourth-order valence-corrected chi connectivity index (χ4v) is 3.79. The monoisotopic (exact) mass is 486 g/mol. The summed E-state index contributed by atoms with van der Waals surface area (Å²) >= 11 is 17.5. The van der Waals surface area contributed by atoms with E-state index in [0.29, 0.717) is 39.5 Å². The Morgan fingerprint density at radius 1 is 1.06 bits per heavy atom. The topological polar surface area (TPSA) is 64.1 Å². The molecule has 0 aliphatic carbocycles. The van der Waals surface area contributed by atoms with Crippen molar-refractivity contribution in [1.82, 2.24) is 14.9 Å². The van der Waals surface area contributed by atoms with Crippen LogP contribution in [0.4, 0.5) is 0 Å². The fourth-order valence-electron chi connectivity index (χ4n) is 3.13. The Kier molecular flexibility index (Phi) is 6.99. The molecule has 9 heteroatoms. The van der Waals surface area contributed by atoms with Crippen LogP contribution < -0.4 is 14.9 Å². The van der Waals surface area contributed by atoms with Crippen molar-refractivity contribution in [3.05, 3.63) is 92.7 Å². The Balaban J connectivity index is 1.42. The first-order valence-electron chi connectivity index (χ1n) is 9.75. The molecule has 3 aromatic carbocycles. The van der Waals surface area contributed by atoms with Crippen LogP contribution in [0.15, 0.2) is 66.7 Å². The first-order valence-corrected chi connectivity index (χ1v) is 10.9. The summed E-state index contributed by atoms with van der Waals surface area (Å²) in [7, 11) is 1.63. The zero-order valence-corrected chi connectivity index (χ0v) is 19.5. The van der Waals surface area contributed by atoms with Crippen molar-refractivity contribution in [2.24, 2.45) is 0 Å². The highest BCUT2D eigenvalue weighted by Crippen LogP contribution is 2.28. The molecule has 6 nitrogen and oxygen atoms in total. The Morgan fingerprint density at radius 3 is 2.59 bits per heavy atom. The minimum absolute atomic E-state index is 0.361. The van der Waals surface area contributed by atoms with Gasteiger partial charge >= 0.3 is 0 Å². The van der Waals surface area contributed by atoms with Gasteiger partial charge in [-0.05, 0) is 54.2 Å². The van der Waals surface area contributed by atoms with Crippen LogP contribution in [0.1, 0.15) is 11.1 Å². The lowest BCUT2D eigenvalue weighted by atomic mass is 10.2. The quantitative estimate of drug-likeness (QED) is 0.288. The number of hydrogen-bond acceptors (Lipinski definition) is 5. The highest BCUT2D eigenvalue weighted by molar-refractivity contribution is 7.71. The molecule has 0 atom stereocenters. The number of rotatable bonds is 8. The van der Waals surface area contributed by atoms with Crippen LogP contribution in [0.2, 0.25) is 10.0 Å². The number of hydrogen-bond donors (Lipinski definition) is 2. The maximum atomic E-state index is 6.20. The lowest BCUT2D eigenvalue weighted by Gasteiger charge is -2.13. The number of methoxy groups -OCH3 is 1. The largest absolute Gasteiger partial charge is 0.496 e. The van der Waals surface area contributed by atoms with Crippen molar-refractivity contribution < 1.29 is 9.47 Å². The van der Waals surface area contributed by atoms with Gasteiger partial charge in [0.15, 0.2) is 5.82 Å². The Labute approximate surface area is 200 Å². The predicted molar refractivity (Wildman–Crippen MR) is 130 cm³/mol. The van der Waals surface area contributed by atoms with Gasteiger partial charge in [-0.25, -0.2) is 9.77 Å². The van der Waals surface area contributed by atoms with E-state index in [1.165, 1.54) is 0 Å². The Hall–Kier alpha value is -3.00. The molecule has 0 amide bonds. The molecule has 0 bridgehead atoms. The summed E-state index contributed by atoms with van der Waals surface area (Å²) in [6, 6.07) is 20.8. The Morgan fingerprint density at radius 2 is 1.84 bits per heavy atom. The van der Waals surface area contributed by atoms with Crippen molar-refractivity contribution in [3.63, 3.8) is 0 Å². The molecule has 0 aliphatic rings. The molecular formula is C23H20Cl2N4O2S. The van der Waals surface area contributed by atoms with Gasteiger partial charge in [-0.2, -0.15) is 5.10 Å². The van der Waals surface area contributed by atoms with Gasteiger partial charge in [-0.15, -0.1) is 0 Å². The minimum Gasteiger partial charge on any atom is -0.496 e. The third kappa shape index (κ3) is 5.07. The second kappa shape index (κ2) is 10.1. The number of aromatic nitrogens is 3. The molecule has 4 rings (SSSR count). The molecule has 1 aromatic heterocycles. The molecule has 32 heavy (non-hydrogen) atoms. The van der Waals surface area contributed by atoms with Gasteiger partial charge < -0.3 is 14.9 Å². The van der Waals surface area contributed by atoms with E-state index < -0.39 is 0 Å². The summed E-state index contributed by atoms with van der Waals surface area (Å²) in [5.41, 5.74) is 6.07. The van der Waals surface area contributed by atoms with Crippen LogP contribution in [-0.4, -0.2) is 22.0 Å². The van der Waals surface area contributed by atoms with E-state index in [1.54, 1.807) is 23.9 Å². The molecule has 0 radical (unpaired) electrons. The number of nitrogens with one attached hydrogen (secondary N) is 2. The maximum Gasteiger partial charge on any atom is 0.214 e. The summed E-state index contributed by atoms with van der Waals surface area (Å²) in [5.74, 6) is 2.11. The molecule has 0 saturated carbocycles. The summed E-state index contributed by atoms with van der Waals surface area (Å²) in [6.07, 6.45) is 0. The lowest BCUT2D eigenvalue weighted by molar-refractivity contribution is 0.306. The predicted octanol–water partition coefficient (Wildman–Crippen LogP) is 6.25. The summed E-state index contributed by atoms with van der Waals surface area (Å²) in [5, 5.41) is 8.37. The average Bonchev–Trinajstić information content (AvgIpc) is 3.18. The molecular weight excluding hydrogens is 467 g/mol. The average molecular weight is 487 g/mol. The van der Waals surface area contributed by atoms with Crippen molar-refractivity contribution in [2.45, 2.75) is 13.2 Å². The SMILES string of the molecule is COc1ccccc1-c1n[nH]c(=S)n1NCc1ccc(OCc2ccc(Cl)cc2Cl)cc1. The summed E-state index contributed by atoms with van der Waals surface area (Å²) < 4.78 is 13.5. The van der Waals surface area contributed by atoms with Crippen LogP contribution in [0.5, 0.6) is 11.5 Å². The molecule has 2 N–H and O–H groups in total. The first kappa shape index (κ1) is 22.2. The second-order valence-corrected chi connectivity index (χ2v) is 8.12. The van der Waals surface area contributed by atoms with Gasteiger partial charge in [0.2, 0.25) is 4.77 Å². The number of para-hydroxylation sites is 1. The Bertz CT molecular complexity index is 1270. The maximum absolute atomic E-state index is 6.20. The number of H-pyrrole nitrogens is 1. The van der Waals surface area contributed by atoms with Crippen LogP contribution in [0, 0.1) is 4.77 Å². The number of nitrogens with zero attached hydrogens (tertiary/aromatic N) is 2. The van der Waals surface area contributed by atoms with Gasteiger partial charge in [0.05, 0.1) is 19.2 Å². The van der Waals surface area contributed by atoms with Gasteiger partial charge in [0, 0.05) is 15.6 Å². The number of ether oxygens (including phenoxy) is 2. The van der Waals surface area contributed by atoms with Crippen LogP contribution >= 0.6 is 35.4 Å². The zero-order valence-electron chi connectivity index (χ0n) is 17.1. The normalized spacial score (nSPS) is 10.7. The van der Waals surface area contributed by atoms with Crippen LogP contribution in [0.25, 0.3) is 11.4 Å². The van der Waals surface area contributed by atoms with E-state index in [9.17, 15) is 0 Å². The van der Waals surface area contributed by atoms with Crippen molar-refractivity contribution in [3.8, 4) is 22.9 Å². The smallest absolute Gasteiger partial charge is 0.214 e. The summed E-state index contributed by atoms with van der Waals surface area (Å²) in [6.45, 7) is 0.902. The highest BCUT2D eigenvalue weighted by Gasteiger charge is 2.13. The standard InChI is InChI=1S/C23H20Cl2N4O2S/c1-30-21-5-3-2-4-19(21)22-27-28-23(32)29(22)26-13-15-6-10-18(11-7-15)31-14-16-8-9-17(24)12-20(16)25/h2-12,26H,13-14H2,1H3,(H,28,32). The van der Waals surface area contributed by atoms with E-state index in [4.69, 9.17) is 44.9 Å². The van der Waals surface area contributed by atoms with Gasteiger partial charge in [-0.1, -0.05) is 53.5 Å². The van der Waals surface area contributed by atoms with Crippen molar-refractivity contribution in [2.75, 3.05) is 12.5 Å². The van der Waals surface area contributed by atoms with Crippen LogP contribution in [0.3, 0.4) is 0 Å². The van der Waals surface area contributed by atoms with Gasteiger partial charge in [0.25, 0.3) is 0 Å².